The normalized spacial score (nSPS) is 11.5. The van der Waals surface area contributed by atoms with Crippen molar-refractivity contribution in [2.24, 2.45) is 0 Å². The molecule has 0 aliphatic heterocycles. The van der Waals surface area contributed by atoms with Gasteiger partial charge in [-0.15, -0.1) is 4.52 Å². The monoisotopic (exact) mass is 139 g/mol. The largest absolute Gasteiger partial charge is 0.504 e. The zero-order valence-electron chi connectivity index (χ0n) is 4.76. The highest BCUT2D eigenvalue weighted by Gasteiger charge is 2.03. The van der Waals surface area contributed by atoms with Crippen LogP contribution in [0.15, 0.2) is 0 Å². The molecule has 0 rings (SSSR count). The lowest BCUT2D eigenvalue weighted by atomic mass is 10.5. The van der Waals surface area contributed by atoms with Gasteiger partial charge in [0.25, 0.3) is 0 Å². The van der Waals surface area contributed by atoms with Crippen molar-refractivity contribution in [1.29, 1.82) is 0 Å². The Bertz CT molecular complexity index is 76.4. The van der Waals surface area contributed by atoms with Crippen LogP contribution < -0.4 is 0 Å². The van der Waals surface area contributed by atoms with Crippen molar-refractivity contribution in [3.05, 3.63) is 0 Å². The van der Waals surface area contributed by atoms with Crippen LogP contribution >= 0.6 is 8.03 Å². The topological polar surface area (TPSA) is 26.3 Å². The summed E-state index contributed by atoms with van der Waals surface area (Å²) in [5.41, 5.74) is 0. The number of alkyl halides is 1. The third-order valence-corrected chi connectivity index (χ3v) is 1.10. The molecule has 0 aromatic carbocycles. The molecule has 4 heteroatoms. The fourth-order valence-electron chi connectivity index (χ4n) is 0.248. The Labute approximate surface area is 48.9 Å². The zero-order valence-corrected chi connectivity index (χ0v) is 5.66. The van der Waals surface area contributed by atoms with Gasteiger partial charge in [0.15, 0.2) is 6.66 Å². The summed E-state index contributed by atoms with van der Waals surface area (Å²) < 4.78 is 25.9. The molecule has 0 N–H and O–H groups in total. The van der Waals surface area contributed by atoms with Crippen molar-refractivity contribution >= 4 is 8.03 Å². The van der Waals surface area contributed by atoms with Gasteiger partial charge in [-0.05, 0) is 4.57 Å². The first-order valence-electron chi connectivity index (χ1n) is 2.37. The van der Waals surface area contributed by atoms with E-state index in [0.29, 0.717) is 6.42 Å². The van der Waals surface area contributed by atoms with Gasteiger partial charge < -0.3 is 0 Å². The van der Waals surface area contributed by atoms with Gasteiger partial charge >= 0.3 is 8.03 Å². The van der Waals surface area contributed by atoms with Crippen LogP contribution in [0.1, 0.15) is 6.42 Å². The Hall–Kier alpha value is -0.0100. The highest BCUT2D eigenvalue weighted by atomic mass is 31.1. The average Bonchev–Trinajstić information content (AvgIpc) is 1.66. The maximum atomic E-state index is 11.3. The van der Waals surface area contributed by atoms with Crippen LogP contribution in [0.4, 0.5) is 4.39 Å². The Morgan fingerprint density at radius 1 is 1.75 bits per heavy atom. The molecule has 0 saturated heterocycles. The molecule has 1 atom stereocenters. The maximum absolute atomic E-state index is 11.3. The third kappa shape index (κ3) is 5.99. The predicted octanol–water partition coefficient (Wildman–Crippen LogP) is 1.73. The average molecular weight is 139 g/mol. The van der Waals surface area contributed by atoms with E-state index in [1.165, 1.54) is 6.66 Å². The summed E-state index contributed by atoms with van der Waals surface area (Å²) in [5.74, 6) is 0. The lowest BCUT2D eigenvalue weighted by Gasteiger charge is -1.82. The third-order valence-electron chi connectivity index (χ3n) is 0.551. The standard InChI is InChI=1S/C4H9FO2P/c1-8(6)7-4-2-3-5/h2-4H2,1H3/q+1. The van der Waals surface area contributed by atoms with Gasteiger partial charge in [-0.1, -0.05) is 0 Å². The van der Waals surface area contributed by atoms with E-state index in [1.807, 2.05) is 0 Å². The second-order valence-electron chi connectivity index (χ2n) is 1.32. The maximum Gasteiger partial charge on any atom is 0.504 e. The molecule has 0 aromatic heterocycles. The molecule has 48 valence electrons. The molecule has 0 aliphatic carbocycles. The van der Waals surface area contributed by atoms with Gasteiger partial charge in [-0.2, -0.15) is 0 Å². The van der Waals surface area contributed by atoms with E-state index in [-0.39, 0.29) is 6.61 Å². The van der Waals surface area contributed by atoms with Crippen molar-refractivity contribution in [2.45, 2.75) is 6.42 Å². The summed E-state index contributed by atoms with van der Waals surface area (Å²) >= 11 is 0. The van der Waals surface area contributed by atoms with Crippen LogP contribution in [0.2, 0.25) is 0 Å². The summed E-state index contributed by atoms with van der Waals surface area (Å²) in [6.07, 6.45) is 0.342. The summed E-state index contributed by atoms with van der Waals surface area (Å²) in [4.78, 5) is 0. The van der Waals surface area contributed by atoms with Crippen molar-refractivity contribution in [1.82, 2.24) is 0 Å². The Morgan fingerprint density at radius 3 is 2.75 bits per heavy atom. The first-order valence-corrected chi connectivity index (χ1v) is 3.99. The van der Waals surface area contributed by atoms with Gasteiger partial charge in [0, 0.05) is 6.42 Å². The minimum atomic E-state index is -1.53. The molecular formula is C4H9FO2P+. The van der Waals surface area contributed by atoms with E-state index in [2.05, 4.69) is 4.52 Å². The van der Waals surface area contributed by atoms with Gasteiger partial charge in [0.2, 0.25) is 0 Å². The van der Waals surface area contributed by atoms with E-state index >= 15 is 0 Å². The smallest absolute Gasteiger partial charge is 0.251 e. The lowest BCUT2D eigenvalue weighted by Crippen LogP contribution is -1.86. The summed E-state index contributed by atoms with van der Waals surface area (Å²) in [7, 11) is -1.53. The predicted molar refractivity (Wildman–Crippen MR) is 30.1 cm³/mol. The molecule has 0 radical (unpaired) electrons. The molecular weight excluding hydrogens is 130 g/mol. The second kappa shape index (κ2) is 5.13. The van der Waals surface area contributed by atoms with Gasteiger partial charge in [-0.25, -0.2) is 0 Å². The Kier molecular flexibility index (Phi) is 5.13. The molecule has 0 saturated carbocycles. The van der Waals surface area contributed by atoms with E-state index in [0.717, 1.165) is 0 Å². The molecule has 1 unspecified atom stereocenters. The molecule has 0 spiro atoms. The van der Waals surface area contributed by atoms with Gasteiger partial charge in [0.05, 0.1) is 6.67 Å². The molecule has 0 aliphatic rings. The first kappa shape index (κ1) is 7.99. The zero-order chi connectivity index (χ0) is 6.41. The van der Waals surface area contributed by atoms with Crippen molar-refractivity contribution in [3.63, 3.8) is 0 Å². The Morgan fingerprint density at radius 2 is 2.38 bits per heavy atom. The van der Waals surface area contributed by atoms with E-state index in [4.69, 9.17) is 0 Å². The van der Waals surface area contributed by atoms with Crippen LogP contribution in [-0.4, -0.2) is 19.9 Å². The minimum absolute atomic E-state index is 0.266. The molecule has 0 amide bonds. The molecule has 0 heterocycles. The highest BCUT2D eigenvalue weighted by Crippen LogP contribution is 2.14. The fourth-order valence-corrected chi connectivity index (χ4v) is 0.634. The Balaban J connectivity index is 2.82. The van der Waals surface area contributed by atoms with Gasteiger partial charge in [0.1, 0.15) is 6.61 Å². The number of hydrogen-bond donors (Lipinski definition) is 0. The molecule has 0 aromatic rings. The number of rotatable bonds is 4. The van der Waals surface area contributed by atoms with Crippen LogP contribution in [0.5, 0.6) is 0 Å². The SMILES string of the molecule is C[P+](=O)OCCCF. The van der Waals surface area contributed by atoms with Crippen LogP contribution in [0.3, 0.4) is 0 Å². The van der Waals surface area contributed by atoms with Crippen LogP contribution in [0.25, 0.3) is 0 Å². The second-order valence-corrected chi connectivity index (χ2v) is 2.45. The van der Waals surface area contributed by atoms with E-state index < -0.39 is 14.7 Å². The summed E-state index contributed by atoms with van der Waals surface area (Å²) in [5, 5.41) is 0. The lowest BCUT2D eigenvalue weighted by molar-refractivity contribution is 0.303. The first-order chi connectivity index (χ1) is 3.77. The number of halogens is 1. The van der Waals surface area contributed by atoms with E-state index in [9.17, 15) is 8.96 Å². The minimum Gasteiger partial charge on any atom is -0.251 e. The fraction of sp³-hybridized carbons (Fsp3) is 1.00. The van der Waals surface area contributed by atoms with Crippen molar-refractivity contribution in [2.75, 3.05) is 19.9 Å². The van der Waals surface area contributed by atoms with Gasteiger partial charge in [-0.3, -0.25) is 4.39 Å². The van der Waals surface area contributed by atoms with Crippen LogP contribution in [0, 0.1) is 0 Å². The summed E-state index contributed by atoms with van der Waals surface area (Å²) in [6, 6.07) is 0. The van der Waals surface area contributed by atoms with Crippen molar-refractivity contribution in [3.8, 4) is 0 Å². The van der Waals surface area contributed by atoms with E-state index in [1.54, 1.807) is 0 Å². The highest BCUT2D eigenvalue weighted by molar-refractivity contribution is 7.38. The molecule has 2 nitrogen and oxygen atoms in total. The molecule has 0 fully saturated rings. The molecule has 0 bridgehead atoms. The number of hydrogen-bond acceptors (Lipinski definition) is 2. The molecule has 8 heavy (non-hydrogen) atoms. The summed E-state index contributed by atoms with van der Waals surface area (Å²) in [6.45, 7) is 1.32. The van der Waals surface area contributed by atoms with Crippen molar-refractivity contribution < 1.29 is 13.5 Å². The quantitative estimate of drug-likeness (QED) is 0.438. The van der Waals surface area contributed by atoms with Crippen LogP contribution in [-0.2, 0) is 9.09 Å².